The van der Waals surface area contributed by atoms with Crippen molar-refractivity contribution in [2.75, 3.05) is 0 Å². The fraction of sp³-hybridized carbons (Fsp3) is 0. The van der Waals surface area contributed by atoms with E-state index in [0.717, 1.165) is 22.3 Å². The molecule has 1 heterocycles. The largest absolute Gasteiger partial charge is 0.508 e. The predicted molar refractivity (Wildman–Crippen MR) is 107 cm³/mol. The molecule has 0 saturated carbocycles. The summed E-state index contributed by atoms with van der Waals surface area (Å²) in [6.07, 6.45) is 3.11. The molecule has 1 amide bonds. The number of hydrazone groups is 1. The zero-order chi connectivity index (χ0) is 18.0. The van der Waals surface area contributed by atoms with Crippen LogP contribution < -0.4 is 0 Å². The minimum atomic E-state index is -0.346. The van der Waals surface area contributed by atoms with Crippen LogP contribution in [0.3, 0.4) is 0 Å². The number of hydrogen-bond acceptors (Lipinski definition) is 5. The molecule has 0 unspecified atom stereocenters. The lowest BCUT2D eigenvalue weighted by Gasteiger charge is -2.06. The summed E-state index contributed by atoms with van der Waals surface area (Å²) in [5.41, 5.74) is 1.29. The third-order valence-corrected chi connectivity index (χ3v) is 5.21. The summed E-state index contributed by atoms with van der Waals surface area (Å²) in [5.74, 6) is -0.191. The number of nitrogens with zero attached hydrogens (tertiary/aromatic N) is 2. The summed E-state index contributed by atoms with van der Waals surface area (Å²) < 4.78 is 0.314. The van der Waals surface area contributed by atoms with Crippen molar-refractivity contribution in [3.63, 3.8) is 0 Å². The van der Waals surface area contributed by atoms with Crippen LogP contribution in [0.15, 0.2) is 52.5 Å². The standard InChI is InChI=1S/C17H10Cl2N2O2S2/c18-13-2-1-3-14(19)12(13)8-15-16(23)21(17(24)25-15)20-9-10-4-6-11(22)7-5-10/h1-9,22H/b15-8+,20-9+. The van der Waals surface area contributed by atoms with Gasteiger partial charge in [-0.1, -0.05) is 41.0 Å². The van der Waals surface area contributed by atoms with Crippen LogP contribution >= 0.6 is 47.2 Å². The van der Waals surface area contributed by atoms with Crippen molar-refractivity contribution in [1.82, 2.24) is 5.01 Å². The van der Waals surface area contributed by atoms with Crippen LogP contribution in [0.1, 0.15) is 11.1 Å². The monoisotopic (exact) mass is 408 g/mol. The van der Waals surface area contributed by atoms with Crippen LogP contribution in [0.25, 0.3) is 6.08 Å². The Morgan fingerprint density at radius 1 is 1.12 bits per heavy atom. The smallest absolute Gasteiger partial charge is 0.286 e. The topological polar surface area (TPSA) is 52.9 Å². The van der Waals surface area contributed by atoms with Gasteiger partial charge in [0.1, 0.15) is 5.75 Å². The first-order valence-electron chi connectivity index (χ1n) is 7.00. The molecule has 1 aliphatic heterocycles. The Balaban J connectivity index is 1.85. The summed E-state index contributed by atoms with van der Waals surface area (Å²) in [7, 11) is 0. The number of benzene rings is 2. The van der Waals surface area contributed by atoms with Crippen molar-refractivity contribution in [3.05, 3.63) is 68.5 Å². The average molecular weight is 409 g/mol. The number of thiocarbonyl (C=S) groups is 1. The second-order valence-electron chi connectivity index (χ2n) is 4.96. The summed E-state index contributed by atoms with van der Waals surface area (Å²) in [6.45, 7) is 0. The highest BCUT2D eigenvalue weighted by Gasteiger charge is 2.32. The van der Waals surface area contributed by atoms with E-state index in [-0.39, 0.29) is 11.7 Å². The van der Waals surface area contributed by atoms with Gasteiger partial charge in [0.15, 0.2) is 4.32 Å². The number of carbonyl (C=O) groups is 1. The number of carbonyl (C=O) groups excluding carboxylic acids is 1. The SMILES string of the molecule is O=C1/C(=C\c2c(Cl)cccc2Cl)SC(=S)N1/N=C/c1ccc(O)cc1. The third-order valence-electron chi connectivity index (χ3n) is 3.26. The van der Waals surface area contributed by atoms with E-state index in [9.17, 15) is 9.90 Å². The molecule has 0 bridgehead atoms. The van der Waals surface area contributed by atoms with E-state index in [0.29, 0.717) is 24.8 Å². The van der Waals surface area contributed by atoms with Crippen molar-refractivity contribution in [1.29, 1.82) is 0 Å². The van der Waals surface area contributed by atoms with Gasteiger partial charge in [0.25, 0.3) is 5.91 Å². The van der Waals surface area contributed by atoms with E-state index < -0.39 is 0 Å². The molecule has 0 atom stereocenters. The van der Waals surface area contributed by atoms with Crippen LogP contribution in [0.4, 0.5) is 0 Å². The van der Waals surface area contributed by atoms with Crippen molar-refractivity contribution >= 4 is 69.7 Å². The fourth-order valence-corrected chi connectivity index (χ4v) is 3.68. The maximum Gasteiger partial charge on any atom is 0.286 e. The molecule has 1 saturated heterocycles. The van der Waals surface area contributed by atoms with E-state index in [2.05, 4.69) is 5.10 Å². The molecular weight excluding hydrogens is 399 g/mol. The molecular formula is C17H10Cl2N2O2S2. The van der Waals surface area contributed by atoms with E-state index in [4.69, 9.17) is 35.4 Å². The molecule has 4 nitrogen and oxygen atoms in total. The Hall–Kier alpha value is -1.86. The molecule has 2 aromatic rings. The van der Waals surface area contributed by atoms with Gasteiger partial charge in [-0.15, -0.1) is 0 Å². The van der Waals surface area contributed by atoms with E-state index in [1.807, 2.05) is 0 Å². The van der Waals surface area contributed by atoms with Crippen LogP contribution in [-0.2, 0) is 4.79 Å². The molecule has 0 radical (unpaired) electrons. The van der Waals surface area contributed by atoms with Crippen LogP contribution in [0.2, 0.25) is 10.0 Å². The van der Waals surface area contributed by atoms with Crippen molar-refractivity contribution in [3.8, 4) is 5.75 Å². The second-order valence-corrected chi connectivity index (χ2v) is 7.46. The number of rotatable bonds is 3. The minimum Gasteiger partial charge on any atom is -0.508 e. The molecule has 25 heavy (non-hydrogen) atoms. The molecule has 8 heteroatoms. The summed E-state index contributed by atoms with van der Waals surface area (Å²) >= 11 is 18.6. The highest BCUT2D eigenvalue weighted by molar-refractivity contribution is 8.26. The summed E-state index contributed by atoms with van der Waals surface area (Å²) in [6, 6.07) is 11.5. The zero-order valence-electron chi connectivity index (χ0n) is 12.5. The number of halogens is 2. The van der Waals surface area contributed by atoms with E-state index in [1.54, 1.807) is 36.4 Å². The van der Waals surface area contributed by atoms with Crippen LogP contribution in [-0.4, -0.2) is 26.6 Å². The Labute approximate surface area is 163 Å². The summed E-state index contributed by atoms with van der Waals surface area (Å²) in [4.78, 5) is 12.9. The molecule has 1 fully saturated rings. The lowest BCUT2D eigenvalue weighted by atomic mass is 10.2. The molecule has 3 rings (SSSR count). The van der Waals surface area contributed by atoms with Gasteiger partial charge in [0, 0.05) is 15.6 Å². The Morgan fingerprint density at radius 3 is 2.40 bits per heavy atom. The Morgan fingerprint density at radius 2 is 1.76 bits per heavy atom. The van der Waals surface area contributed by atoms with Gasteiger partial charge in [-0.3, -0.25) is 4.79 Å². The molecule has 1 N–H and O–H groups in total. The highest BCUT2D eigenvalue weighted by atomic mass is 35.5. The van der Waals surface area contributed by atoms with Gasteiger partial charge >= 0.3 is 0 Å². The lowest BCUT2D eigenvalue weighted by molar-refractivity contribution is -0.122. The van der Waals surface area contributed by atoms with Gasteiger partial charge in [-0.25, -0.2) is 0 Å². The molecule has 126 valence electrons. The van der Waals surface area contributed by atoms with Gasteiger partial charge in [0.2, 0.25) is 0 Å². The van der Waals surface area contributed by atoms with E-state index >= 15 is 0 Å². The first-order chi connectivity index (χ1) is 12.0. The van der Waals surface area contributed by atoms with Crippen molar-refractivity contribution in [2.24, 2.45) is 5.10 Å². The highest BCUT2D eigenvalue weighted by Crippen LogP contribution is 2.35. The van der Waals surface area contributed by atoms with Gasteiger partial charge in [-0.2, -0.15) is 10.1 Å². The number of amides is 1. The number of phenols is 1. The predicted octanol–water partition coefficient (Wildman–Crippen LogP) is 4.93. The number of thioether (sulfide) groups is 1. The number of phenolic OH excluding ortho intramolecular Hbond substituents is 1. The first kappa shape index (κ1) is 17.9. The fourth-order valence-electron chi connectivity index (χ4n) is 2.02. The number of hydrogen-bond donors (Lipinski definition) is 1. The van der Waals surface area contributed by atoms with Crippen LogP contribution in [0.5, 0.6) is 5.75 Å². The summed E-state index contributed by atoms with van der Waals surface area (Å²) in [5, 5.41) is 15.4. The Bertz CT molecular complexity index is 891. The number of aromatic hydroxyl groups is 1. The maximum absolute atomic E-state index is 12.5. The molecule has 0 spiro atoms. The average Bonchev–Trinajstić information content (AvgIpc) is 2.84. The molecule has 0 aliphatic carbocycles. The first-order valence-corrected chi connectivity index (χ1v) is 8.99. The maximum atomic E-state index is 12.5. The second kappa shape index (κ2) is 7.58. The Kier molecular flexibility index (Phi) is 5.44. The molecule has 0 aromatic heterocycles. The van der Waals surface area contributed by atoms with Crippen molar-refractivity contribution in [2.45, 2.75) is 0 Å². The minimum absolute atomic E-state index is 0.155. The van der Waals surface area contributed by atoms with Gasteiger partial charge < -0.3 is 5.11 Å². The molecule has 1 aliphatic rings. The van der Waals surface area contributed by atoms with E-state index in [1.165, 1.54) is 18.3 Å². The van der Waals surface area contributed by atoms with Gasteiger partial charge in [-0.05, 0) is 60.3 Å². The quantitative estimate of drug-likeness (QED) is 0.444. The van der Waals surface area contributed by atoms with Crippen molar-refractivity contribution < 1.29 is 9.90 Å². The van der Waals surface area contributed by atoms with Crippen LogP contribution in [0, 0.1) is 0 Å². The van der Waals surface area contributed by atoms with Gasteiger partial charge in [0.05, 0.1) is 11.1 Å². The zero-order valence-corrected chi connectivity index (χ0v) is 15.7. The third kappa shape index (κ3) is 4.04. The lowest BCUT2D eigenvalue weighted by Crippen LogP contribution is -2.22. The normalized spacial score (nSPS) is 16.4. The molecule has 2 aromatic carbocycles.